The number of para-hydroxylation sites is 1. The molecule has 0 saturated carbocycles. The number of nitrogens with zero attached hydrogens (tertiary/aromatic N) is 3. The van der Waals surface area contributed by atoms with E-state index in [9.17, 15) is 9.18 Å². The Kier molecular flexibility index (Phi) is 8.09. The van der Waals surface area contributed by atoms with Gasteiger partial charge in [0.15, 0.2) is 5.96 Å². The fourth-order valence-corrected chi connectivity index (χ4v) is 3.40. The summed E-state index contributed by atoms with van der Waals surface area (Å²) >= 11 is 0. The van der Waals surface area contributed by atoms with Crippen molar-refractivity contribution in [2.75, 3.05) is 51.2 Å². The standard InChI is InChI=1S/C23H30FN5O2/c1-18(31-21-10-6-7-19(24)15-21)16-26-23(25-2)27-17-22(30)29-13-11-28(12-14-29)20-8-4-3-5-9-20/h3-10,15,18H,11-14,16-17H2,1-2H3,(H2,25,26,27). The molecular weight excluding hydrogens is 397 g/mol. The minimum absolute atomic E-state index is 0.0414. The largest absolute Gasteiger partial charge is 0.489 e. The third-order valence-corrected chi connectivity index (χ3v) is 5.07. The van der Waals surface area contributed by atoms with Gasteiger partial charge in [0.1, 0.15) is 17.7 Å². The predicted molar refractivity (Wildman–Crippen MR) is 121 cm³/mol. The summed E-state index contributed by atoms with van der Waals surface area (Å²) in [4.78, 5) is 20.9. The van der Waals surface area contributed by atoms with Crippen molar-refractivity contribution >= 4 is 17.6 Å². The van der Waals surface area contributed by atoms with E-state index in [2.05, 4.69) is 32.7 Å². The number of anilines is 1. The van der Waals surface area contributed by atoms with Gasteiger partial charge in [0, 0.05) is 45.0 Å². The summed E-state index contributed by atoms with van der Waals surface area (Å²) in [6.45, 7) is 5.53. The van der Waals surface area contributed by atoms with Crippen LogP contribution in [0.15, 0.2) is 59.6 Å². The van der Waals surface area contributed by atoms with Crippen LogP contribution in [0.25, 0.3) is 0 Å². The Morgan fingerprint density at radius 2 is 1.84 bits per heavy atom. The highest BCUT2D eigenvalue weighted by atomic mass is 19.1. The van der Waals surface area contributed by atoms with Crippen molar-refractivity contribution in [1.82, 2.24) is 15.5 Å². The molecule has 1 aliphatic heterocycles. The summed E-state index contributed by atoms with van der Waals surface area (Å²) in [6, 6.07) is 16.3. The Bertz CT molecular complexity index is 869. The summed E-state index contributed by atoms with van der Waals surface area (Å²) < 4.78 is 19.0. The highest BCUT2D eigenvalue weighted by Crippen LogP contribution is 2.15. The second-order valence-electron chi connectivity index (χ2n) is 7.40. The quantitative estimate of drug-likeness (QED) is 0.523. The molecule has 1 amide bonds. The first-order chi connectivity index (χ1) is 15.0. The van der Waals surface area contributed by atoms with Gasteiger partial charge in [-0.15, -0.1) is 0 Å². The van der Waals surface area contributed by atoms with E-state index < -0.39 is 0 Å². The second kappa shape index (κ2) is 11.2. The summed E-state index contributed by atoms with van der Waals surface area (Å²) in [7, 11) is 1.65. The van der Waals surface area contributed by atoms with Gasteiger partial charge in [-0.1, -0.05) is 24.3 Å². The van der Waals surface area contributed by atoms with Crippen molar-refractivity contribution < 1.29 is 13.9 Å². The molecule has 1 atom stereocenters. The van der Waals surface area contributed by atoms with Gasteiger partial charge in [-0.05, 0) is 31.2 Å². The number of ether oxygens (including phenoxy) is 1. The van der Waals surface area contributed by atoms with E-state index in [0.717, 1.165) is 13.1 Å². The van der Waals surface area contributed by atoms with Crippen LogP contribution in [-0.2, 0) is 4.79 Å². The maximum Gasteiger partial charge on any atom is 0.242 e. The first-order valence-corrected chi connectivity index (χ1v) is 10.5. The van der Waals surface area contributed by atoms with Gasteiger partial charge >= 0.3 is 0 Å². The number of amides is 1. The van der Waals surface area contributed by atoms with Crippen molar-refractivity contribution in [3.8, 4) is 5.75 Å². The van der Waals surface area contributed by atoms with E-state index >= 15 is 0 Å². The molecule has 1 saturated heterocycles. The number of hydrogen-bond donors (Lipinski definition) is 2. The lowest BCUT2D eigenvalue weighted by molar-refractivity contribution is -0.130. The lowest BCUT2D eigenvalue weighted by atomic mass is 10.2. The molecule has 0 radical (unpaired) electrons. The molecule has 1 heterocycles. The van der Waals surface area contributed by atoms with Crippen molar-refractivity contribution in [1.29, 1.82) is 0 Å². The first kappa shape index (κ1) is 22.4. The zero-order chi connectivity index (χ0) is 22.1. The number of rotatable bonds is 7. The molecule has 2 N–H and O–H groups in total. The van der Waals surface area contributed by atoms with E-state index in [4.69, 9.17) is 4.74 Å². The van der Waals surface area contributed by atoms with Crippen LogP contribution in [0, 0.1) is 5.82 Å². The van der Waals surface area contributed by atoms with E-state index in [1.54, 1.807) is 19.2 Å². The molecule has 0 aliphatic carbocycles. The molecule has 1 unspecified atom stereocenters. The lowest BCUT2D eigenvalue weighted by Gasteiger charge is -2.36. The fourth-order valence-electron chi connectivity index (χ4n) is 3.40. The van der Waals surface area contributed by atoms with Crippen LogP contribution in [0.2, 0.25) is 0 Å². The van der Waals surface area contributed by atoms with Gasteiger partial charge in [-0.3, -0.25) is 9.79 Å². The van der Waals surface area contributed by atoms with Gasteiger partial charge in [-0.25, -0.2) is 4.39 Å². The molecule has 7 nitrogen and oxygen atoms in total. The number of guanidine groups is 1. The Balaban J connectivity index is 1.37. The summed E-state index contributed by atoms with van der Waals surface area (Å²) in [6.07, 6.45) is -0.206. The minimum atomic E-state index is -0.335. The number of piperazine rings is 1. The number of benzene rings is 2. The Hall–Kier alpha value is -3.29. The fraction of sp³-hybridized carbons (Fsp3) is 0.391. The molecule has 8 heteroatoms. The van der Waals surface area contributed by atoms with Crippen LogP contribution in [0.5, 0.6) is 5.75 Å². The Labute approximate surface area is 182 Å². The maximum absolute atomic E-state index is 13.3. The second-order valence-corrected chi connectivity index (χ2v) is 7.40. The number of nitrogens with one attached hydrogen (secondary N) is 2. The SMILES string of the molecule is CN=C(NCC(=O)N1CCN(c2ccccc2)CC1)NCC(C)Oc1cccc(F)c1. The molecule has 166 valence electrons. The first-order valence-electron chi connectivity index (χ1n) is 10.5. The Morgan fingerprint density at radius 3 is 2.52 bits per heavy atom. The highest BCUT2D eigenvalue weighted by molar-refractivity contribution is 5.86. The number of halogens is 1. The normalized spacial score (nSPS) is 15.4. The molecule has 1 fully saturated rings. The van der Waals surface area contributed by atoms with Crippen LogP contribution in [0.4, 0.5) is 10.1 Å². The van der Waals surface area contributed by atoms with Crippen LogP contribution in [0.3, 0.4) is 0 Å². The molecule has 2 aromatic rings. The molecule has 31 heavy (non-hydrogen) atoms. The van der Waals surface area contributed by atoms with Gasteiger partial charge in [-0.2, -0.15) is 0 Å². The van der Waals surface area contributed by atoms with Crippen molar-refractivity contribution in [3.05, 3.63) is 60.4 Å². The molecule has 0 spiro atoms. The molecule has 0 bridgehead atoms. The number of aliphatic imine (C=N–C) groups is 1. The van der Waals surface area contributed by atoms with Gasteiger partial charge in [0.2, 0.25) is 5.91 Å². The van der Waals surface area contributed by atoms with E-state index in [1.165, 1.54) is 17.8 Å². The lowest BCUT2D eigenvalue weighted by Crippen LogP contribution is -2.52. The average molecular weight is 428 g/mol. The Morgan fingerprint density at radius 1 is 1.10 bits per heavy atom. The number of hydrogen-bond acceptors (Lipinski definition) is 4. The summed E-state index contributed by atoms with van der Waals surface area (Å²) in [5.41, 5.74) is 1.19. The van der Waals surface area contributed by atoms with Gasteiger partial charge in [0.05, 0.1) is 13.1 Å². The number of carbonyl (C=O) groups is 1. The van der Waals surface area contributed by atoms with Crippen LogP contribution in [0.1, 0.15) is 6.92 Å². The molecule has 3 rings (SSSR count). The van der Waals surface area contributed by atoms with Crippen LogP contribution < -0.4 is 20.3 Å². The van der Waals surface area contributed by atoms with E-state index in [0.29, 0.717) is 31.3 Å². The zero-order valence-corrected chi connectivity index (χ0v) is 18.1. The molecule has 1 aliphatic rings. The van der Waals surface area contributed by atoms with E-state index in [1.807, 2.05) is 30.0 Å². The van der Waals surface area contributed by atoms with Crippen molar-refractivity contribution in [2.24, 2.45) is 4.99 Å². The van der Waals surface area contributed by atoms with Crippen molar-refractivity contribution in [3.63, 3.8) is 0 Å². The highest BCUT2D eigenvalue weighted by Gasteiger charge is 2.21. The summed E-state index contributed by atoms with van der Waals surface area (Å²) in [5.74, 6) is 0.700. The third kappa shape index (κ3) is 6.87. The summed E-state index contributed by atoms with van der Waals surface area (Å²) in [5, 5.41) is 6.19. The maximum atomic E-state index is 13.3. The average Bonchev–Trinajstić information content (AvgIpc) is 2.79. The van der Waals surface area contributed by atoms with Gasteiger partial charge in [0.25, 0.3) is 0 Å². The van der Waals surface area contributed by atoms with Crippen LogP contribution in [-0.4, -0.2) is 69.2 Å². The smallest absolute Gasteiger partial charge is 0.242 e. The van der Waals surface area contributed by atoms with E-state index in [-0.39, 0.29) is 24.4 Å². The zero-order valence-electron chi connectivity index (χ0n) is 18.1. The van der Waals surface area contributed by atoms with Crippen molar-refractivity contribution in [2.45, 2.75) is 13.0 Å². The predicted octanol–water partition coefficient (Wildman–Crippen LogP) is 2.11. The molecule has 0 aromatic heterocycles. The third-order valence-electron chi connectivity index (χ3n) is 5.07. The topological polar surface area (TPSA) is 69.2 Å². The number of carbonyl (C=O) groups excluding carboxylic acids is 1. The molecule has 2 aromatic carbocycles. The molecular formula is C23H30FN5O2. The monoisotopic (exact) mass is 427 g/mol. The van der Waals surface area contributed by atoms with Gasteiger partial charge < -0.3 is 25.2 Å². The van der Waals surface area contributed by atoms with Crippen LogP contribution >= 0.6 is 0 Å². The minimum Gasteiger partial charge on any atom is -0.489 e.